The molecule has 2 rings (SSSR count). The van der Waals surface area contributed by atoms with Gasteiger partial charge in [-0.05, 0) is 7.05 Å². The SMILES string of the molecule is C1CCCCC1.C1COCCN1.CN. The van der Waals surface area contributed by atoms with Gasteiger partial charge in [0.1, 0.15) is 0 Å². The molecule has 3 N–H and O–H groups in total. The molecule has 1 aliphatic carbocycles. The van der Waals surface area contributed by atoms with Gasteiger partial charge in [-0.2, -0.15) is 0 Å². The van der Waals surface area contributed by atoms with E-state index in [2.05, 4.69) is 11.1 Å². The third kappa shape index (κ3) is 9.96. The predicted octanol–water partition coefficient (Wildman–Crippen LogP) is 1.52. The van der Waals surface area contributed by atoms with E-state index in [9.17, 15) is 0 Å². The van der Waals surface area contributed by atoms with Crippen LogP contribution in [0.25, 0.3) is 0 Å². The molecule has 0 atom stereocenters. The monoisotopic (exact) mass is 202 g/mol. The molecule has 86 valence electrons. The molecular formula is C11H26N2O. The van der Waals surface area contributed by atoms with Gasteiger partial charge in [-0.15, -0.1) is 0 Å². The van der Waals surface area contributed by atoms with Gasteiger partial charge in [0.2, 0.25) is 0 Å². The van der Waals surface area contributed by atoms with Crippen molar-refractivity contribution in [2.75, 3.05) is 33.4 Å². The Kier molecular flexibility index (Phi) is 12.8. The van der Waals surface area contributed by atoms with E-state index in [-0.39, 0.29) is 0 Å². The number of ether oxygens (including phenoxy) is 1. The van der Waals surface area contributed by atoms with Gasteiger partial charge in [0, 0.05) is 13.1 Å². The van der Waals surface area contributed by atoms with Gasteiger partial charge in [-0.25, -0.2) is 0 Å². The van der Waals surface area contributed by atoms with Crippen LogP contribution < -0.4 is 11.1 Å². The van der Waals surface area contributed by atoms with Crippen LogP contribution in [0.3, 0.4) is 0 Å². The number of nitrogens with two attached hydrogens (primary N) is 1. The molecule has 0 bridgehead atoms. The minimum absolute atomic E-state index is 0.889. The molecule has 0 unspecified atom stereocenters. The second-order valence-corrected chi connectivity index (χ2v) is 3.48. The summed E-state index contributed by atoms with van der Waals surface area (Å²) in [5.74, 6) is 0. The molecular weight excluding hydrogens is 176 g/mol. The van der Waals surface area contributed by atoms with Crippen molar-refractivity contribution >= 4 is 0 Å². The third-order valence-electron chi connectivity index (χ3n) is 2.35. The van der Waals surface area contributed by atoms with E-state index in [1.807, 2.05) is 0 Å². The summed E-state index contributed by atoms with van der Waals surface area (Å²) in [5, 5.41) is 3.16. The number of morpholine rings is 1. The van der Waals surface area contributed by atoms with E-state index >= 15 is 0 Å². The van der Waals surface area contributed by atoms with Crippen molar-refractivity contribution in [3.8, 4) is 0 Å². The number of hydrogen-bond acceptors (Lipinski definition) is 3. The zero-order valence-electron chi connectivity index (χ0n) is 9.56. The summed E-state index contributed by atoms with van der Waals surface area (Å²) in [5.41, 5.74) is 4.50. The van der Waals surface area contributed by atoms with Crippen molar-refractivity contribution in [3.63, 3.8) is 0 Å². The zero-order chi connectivity index (χ0) is 10.5. The van der Waals surface area contributed by atoms with Crippen molar-refractivity contribution in [1.29, 1.82) is 0 Å². The minimum Gasteiger partial charge on any atom is -0.379 e. The largest absolute Gasteiger partial charge is 0.379 e. The highest BCUT2D eigenvalue weighted by atomic mass is 16.5. The fourth-order valence-corrected chi connectivity index (χ4v) is 1.58. The Balaban J connectivity index is 0.000000206. The lowest BCUT2D eigenvalue weighted by Crippen LogP contribution is -2.30. The van der Waals surface area contributed by atoms with E-state index in [0.717, 1.165) is 26.3 Å². The molecule has 0 spiro atoms. The van der Waals surface area contributed by atoms with Crippen LogP contribution in [0.1, 0.15) is 38.5 Å². The van der Waals surface area contributed by atoms with Crippen molar-refractivity contribution < 1.29 is 4.74 Å². The van der Waals surface area contributed by atoms with E-state index < -0.39 is 0 Å². The molecule has 1 saturated carbocycles. The first-order chi connectivity index (χ1) is 7.00. The molecule has 3 heteroatoms. The highest BCUT2D eigenvalue weighted by molar-refractivity contribution is 4.51. The standard InChI is InChI=1S/C6H12.C4H9NO.CH5N/c1-2-4-6-5-3-1;1-3-6-4-2-5-1;1-2/h1-6H2;5H,1-4H2;2H2,1H3. The van der Waals surface area contributed by atoms with Crippen LogP contribution in [-0.4, -0.2) is 33.4 Å². The quantitative estimate of drug-likeness (QED) is 0.626. The molecule has 3 nitrogen and oxygen atoms in total. The zero-order valence-corrected chi connectivity index (χ0v) is 9.56. The van der Waals surface area contributed by atoms with Crippen LogP contribution in [-0.2, 0) is 4.74 Å². The molecule has 0 aromatic heterocycles. The van der Waals surface area contributed by atoms with Crippen LogP contribution in [0.4, 0.5) is 0 Å². The smallest absolute Gasteiger partial charge is 0.0591 e. The maximum Gasteiger partial charge on any atom is 0.0591 e. The normalized spacial score (nSPS) is 21.0. The van der Waals surface area contributed by atoms with E-state index in [4.69, 9.17) is 4.74 Å². The highest BCUT2D eigenvalue weighted by Crippen LogP contribution is 2.15. The highest BCUT2D eigenvalue weighted by Gasteiger charge is 1.95. The van der Waals surface area contributed by atoms with Gasteiger partial charge in [0.05, 0.1) is 13.2 Å². The molecule has 1 saturated heterocycles. The van der Waals surface area contributed by atoms with Gasteiger partial charge in [0.15, 0.2) is 0 Å². The Morgan fingerprint density at radius 2 is 1.14 bits per heavy atom. The molecule has 0 aromatic carbocycles. The predicted molar refractivity (Wildman–Crippen MR) is 61.5 cm³/mol. The first-order valence-electron chi connectivity index (χ1n) is 5.86. The van der Waals surface area contributed by atoms with Crippen LogP contribution in [0, 0.1) is 0 Å². The molecule has 0 amide bonds. The molecule has 1 heterocycles. The van der Waals surface area contributed by atoms with Crippen LogP contribution in [0.15, 0.2) is 0 Å². The fourth-order valence-electron chi connectivity index (χ4n) is 1.58. The van der Waals surface area contributed by atoms with E-state index in [0.29, 0.717) is 0 Å². The molecule has 2 aliphatic rings. The fraction of sp³-hybridized carbons (Fsp3) is 1.00. The Bertz CT molecular complexity index is 56.3. The summed E-state index contributed by atoms with van der Waals surface area (Å²) < 4.78 is 5.01. The van der Waals surface area contributed by atoms with Crippen molar-refractivity contribution in [3.05, 3.63) is 0 Å². The Morgan fingerprint density at radius 3 is 1.29 bits per heavy atom. The molecule has 0 radical (unpaired) electrons. The summed E-state index contributed by atoms with van der Waals surface area (Å²) in [4.78, 5) is 0. The topological polar surface area (TPSA) is 47.3 Å². The van der Waals surface area contributed by atoms with Crippen molar-refractivity contribution in [2.45, 2.75) is 38.5 Å². The summed E-state index contributed by atoms with van der Waals surface area (Å²) in [6.07, 6.45) is 9.00. The first-order valence-corrected chi connectivity index (χ1v) is 5.86. The van der Waals surface area contributed by atoms with Gasteiger partial charge in [-0.3, -0.25) is 0 Å². The van der Waals surface area contributed by atoms with Crippen LogP contribution in [0.5, 0.6) is 0 Å². The van der Waals surface area contributed by atoms with Crippen LogP contribution in [0.2, 0.25) is 0 Å². The van der Waals surface area contributed by atoms with Crippen molar-refractivity contribution in [1.82, 2.24) is 5.32 Å². The average molecular weight is 202 g/mol. The summed E-state index contributed by atoms with van der Waals surface area (Å²) in [6, 6.07) is 0. The number of nitrogens with one attached hydrogen (secondary N) is 1. The average Bonchev–Trinajstić information content (AvgIpc) is 2.37. The molecule has 0 aromatic rings. The van der Waals surface area contributed by atoms with Gasteiger partial charge in [-0.1, -0.05) is 38.5 Å². The minimum atomic E-state index is 0.889. The van der Waals surface area contributed by atoms with Crippen LogP contribution >= 0.6 is 0 Å². The van der Waals surface area contributed by atoms with Crippen molar-refractivity contribution in [2.24, 2.45) is 5.73 Å². The summed E-state index contributed by atoms with van der Waals surface area (Å²) >= 11 is 0. The Hall–Kier alpha value is -0.120. The third-order valence-corrected chi connectivity index (χ3v) is 2.35. The molecule has 14 heavy (non-hydrogen) atoms. The lowest BCUT2D eigenvalue weighted by atomic mass is 10.0. The summed E-state index contributed by atoms with van der Waals surface area (Å²) in [7, 11) is 1.50. The van der Waals surface area contributed by atoms with E-state index in [1.165, 1.54) is 45.6 Å². The van der Waals surface area contributed by atoms with Gasteiger partial charge in [0.25, 0.3) is 0 Å². The Morgan fingerprint density at radius 1 is 0.786 bits per heavy atom. The number of rotatable bonds is 0. The lowest BCUT2D eigenvalue weighted by molar-refractivity contribution is 0.109. The first kappa shape index (κ1) is 13.9. The van der Waals surface area contributed by atoms with Gasteiger partial charge >= 0.3 is 0 Å². The second-order valence-electron chi connectivity index (χ2n) is 3.48. The molecule has 2 fully saturated rings. The maximum absolute atomic E-state index is 5.01. The second kappa shape index (κ2) is 12.9. The Labute approximate surface area is 88.4 Å². The summed E-state index contributed by atoms with van der Waals surface area (Å²) in [6.45, 7) is 3.83. The lowest BCUT2D eigenvalue weighted by Gasteiger charge is -2.10. The molecule has 1 aliphatic heterocycles. The van der Waals surface area contributed by atoms with Gasteiger partial charge < -0.3 is 15.8 Å². The maximum atomic E-state index is 5.01. The van der Waals surface area contributed by atoms with E-state index in [1.54, 1.807) is 0 Å². The number of hydrogen-bond donors (Lipinski definition) is 2.